The van der Waals surface area contributed by atoms with Crippen LogP contribution in [0, 0.1) is 0 Å². The molecule has 17 heavy (non-hydrogen) atoms. The summed E-state index contributed by atoms with van der Waals surface area (Å²) in [5, 5.41) is 17.5. The summed E-state index contributed by atoms with van der Waals surface area (Å²) < 4.78 is 31.2. The van der Waals surface area contributed by atoms with Crippen LogP contribution in [0.15, 0.2) is 18.2 Å². The van der Waals surface area contributed by atoms with E-state index in [9.17, 15) is 18.0 Å². The minimum Gasteiger partial charge on any atom is -0.478 e. The van der Waals surface area contributed by atoms with E-state index in [1.807, 2.05) is 0 Å². The zero-order valence-corrected chi connectivity index (χ0v) is 8.93. The first-order valence-corrected chi connectivity index (χ1v) is 5.51. The van der Waals surface area contributed by atoms with Crippen LogP contribution in [0.4, 0.5) is 5.69 Å². The summed E-state index contributed by atoms with van der Waals surface area (Å²) in [6.45, 7) is 0. The number of benzene rings is 1. The molecule has 0 spiro atoms. The summed E-state index contributed by atoms with van der Waals surface area (Å²) in [5.74, 6) is -3.16. The van der Waals surface area contributed by atoms with Gasteiger partial charge in [-0.15, -0.1) is 0 Å². The highest BCUT2D eigenvalue weighted by Gasteiger charge is 2.21. The van der Waals surface area contributed by atoms with Crippen LogP contribution in [0.1, 0.15) is 20.7 Å². The minimum atomic E-state index is -4.68. The predicted octanol–water partition coefficient (Wildman–Crippen LogP) is 0.298. The van der Waals surface area contributed by atoms with Gasteiger partial charge in [-0.1, -0.05) is 6.07 Å². The van der Waals surface area contributed by atoms with Crippen LogP contribution in [-0.2, 0) is 10.3 Å². The van der Waals surface area contributed by atoms with E-state index >= 15 is 0 Å². The average Bonchev–Trinajstić information content (AvgIpc) is 2.14. The highest BCUT2D eigenvalue weighted by Crippen LogP contribution is 2.21. The Bertz CT molecular complexity index is 578. The smallest absolute Gasteiger partial charge is 0.357 e. The minimum absolute atomic E-state index is 0.528. The van der Waals surface area contributed by atoms with Crippen LogP contribution in [0.5, 0.6) is 0 Å². The molecule has 0 bridgehead atoms. The summed E-state index contributed by atoms with van der Waals surface area (Å²) in [6, 6.07) is 3.16. The largest absolute Gasteiger partial charge is 0.478 e. The van der Waals surface area contributed by atoms with Gasteiger partial charge in [0.2, 0.25) is 0 Å². The lowest BCUT2D eigenvalue weighted by molar-refractivity contribution is 0.0652. The molecule has 0 saturated heterocycles. The normalized spacial score (nSPS) is 10.9. The van der Waals surface area contributed by atoms with E-state index in [4.69, 9.17) is 14.8 Å². The molecule has 0 aliphatic heterocycles. The standard InChI is InChI=1S/C8H7NO7S/c10-7(11)4-2-1-3-5(6(4)8(12)13)9-17(14,15)16/h1-3,9H,(H,10,11)(H,12,13)(H,14,15,16). The molecule has 1 aromatic carbocycles. The lowest BCUT2D eigenvalue weighted by Crippen LogP contribution is -2.16. The molecule has 0 atom stereocenters. The van der Waals surface area contributed by atoms with Crippen molar-refractivity contribution in [2.24, 2.45) is 0 Å². The third-order valence-corrected chi connectivity index (χ3v) is 2.23. The van der Waals surface area contributed by atoms with Gasteiger partial charge in [0.1, 0.15) is 0 Å². The van der Waals surface area contributed by atoms with Crippen molar-refractivity contribution in [3.63, 3.8) is 0 Å². The lowest BCUT2D eigenvalue weighted by atomic mass is 10.1. The molecule has 0 saturated carbocycles. The molecule has 0 radical (unpaired) electrons. The maximum atomic E-state index is 10.9. The third kappa shape index (κ3) is 3.16. The van der Waals surface area contributed by atoms with Crippen molar-refractivity contribution in [3.05, 3.63) is 29.3 Å². The zero-order chi connectivity index (χ0) is 13.2. The van der Waals surface area contributed by atoms with E-state index in [1.165, 1.54) is 4.72 Å². The molecule has 0 amide bonds. The summed E-state index contributed by atoms with van der Waals surface area (Å²) in [6.07, 6.45) is 0. The molecule has 0 aliphatic carbocycles. The summed E-state index contributed by atoms with van der Waals surface area (Å²) in [5.41, 5.74) is -1.87. The predicted molar refractivity (Wildman–Crippen MR) is 55.5 cm³/mol. The van der Waals surface area contributed by atoms with Gasteiger partial charge in [-0.3, -0.25) is 9.27 Å². The van der Waals surface area contributed by atoms with Crippen LogP contribution in [0.2, 0.25) is 0 Å². The number of anilines is 1. The number of carboxylic acids is 2. The van der Waals surface area contributed by atoms with Crippen LogP contribution in [0.3, 0.4) is 0 Å². The molecule has 0 fully saturated rings. The van der Waals surface area contributed by atoms with Gasteiger partial charge >= 0.3 is 22.2 Å². The highest BCUT2D eigenvalue weighted by molar-refractivity contribution is 7.87. The van der Waals surface area contributed by atoms with Crippen LogP contribution >= 0.6 is 0 Å². The van der Waals surface area contributed by atoms with Gasteiger partial charge < -0.3 is 10.2 Å². The van der Waals surface area contributed by atoms with Crippen LogP contribution in [-0.4, -0.2) is 35.1 Å². The molecule has 4 N–H and O–H groups in total. The Morgan fingerprint density at radius 1 is 1.12 bits per heavy atom. The quantitative estimate of drug-likeness (QED) is 0.571. The molecule has 1 aromatic rings. The van der Waals surface area contributed by atoms with Gasteiger partial charge in [-0.25, -0.2) is 9.59 Å². The Hall–Kier alpha value is -2.13. The van der Waals surface area contributed by atoms with Gasteiger partial charge in [-0.2, -0.15) is 8.42 Å². The molecule has 92 valence electrons. The monoisotopic (exact) mass is 261 g/mol. The molecule has 8 nitrogen and oxygen atoms in total. The van der Waals surface area contributed by atoms with Crippen LogP contribution in [0.25, 0.3) is 0 Å². The van der Waals surface area contributed by atoms with Crippen molar-refractivity contribution >= 4 is 27.9 Å². The second-order valence-electron chi connectivity index (χ2n) is 2.92. The fourth-order valence-electron chi connectivity index (χ4n) is 1.18. The highest BCUT2D eigenvalue weighted by atomic mass is 32.2. The molecule has 0 heterocycles. The van der Waals surface area contributed by atoms with E-state index in [1.54, 1.807) is 0 Å². The van der Waals surface area contributed by atoms with Crippen molar-refractivity contribution in [3.8, 4) is 0 Å². The third-order valence-electron chi connectivity index (χ3n) is 1.75. The van der Waals surface area contributed by atoms with Crippen molar-refractivity contribution in [2.75, 3.05) is 4.72 Å². The molecule has 0 aliphatic rings. The van der Waals surface area contributed by atoms with Crippen LogP contribution < -0.4 is 4.72 Å². The summed E-state index contributed by atoms with van der Waals surface area (Å²) >= 11 is 0. The zero-order valence-electron chi connectivity index (χ0n) is 8.11. The van der Waals surface area contributed by atoms with E-state index in [0.29, 0.717) is 0 Å². The van der Waals surface area contributed by atoms with Gasteiger partial charge in [0.25, 0.3) is 0 Å². The number of aromatic carboxylic acids is 2. The number of carboxylic acid groups (broad SMARTS) is 2. The second-order valence-corrected chi connectivity index (χ2v) is 4.07. The van der Waals surface area contributed by atoms with Gasteiger partial charge in [0.15, 0.2) is 0 Å². The fraction of sp³-hybridized carbons (Fsp3) is 0. The van der Waals surface area contributed by atoms with E-state index in [2.05, 4.69) is 0 Å². The maximum Gasteiger partial charge on any atom is 0.357 e. The SMILES string of the molecule is O=C(O)c1cccc(NS(=O)(=O)O)c1C(=O)O. The maximum absolute atomic E-state index is 10.9. The average molecular weight is 261 g/mol. The topological polar surface area (TPSA) is 141 Å². The number of nitrogens with one attached hydrogen (secondary N) is 1. The first-order valence-electron chi connectivity index (χ1n) is 4.07. The fourth-order valence-corrected chi connectivity index (χ4v) is 1.63. The van der Waals surface area contributed by atoms with Gasteiger partial charge in [0.05, 0.1) is 16.8 Å². The Labute approximate surface area is 95.4 Å². The number of hydrogen-bond donors (Lipinski definition) is 4. The van der Waals surface area contributed by atoms with E-state index in [-0.39, 0.29) is 0 Å². The Morgan fingerprint density at radius 3 is 2.12 bits per heavy atom. The van der Waals surface area contributed by atoms with Gasteiger partial charge in [-0.05, 0) is 12.1 Å². The molecular weight excluding hydrogens is 254 g/mol. The number of carbonyl (C=O) groups is 2. The van der Waals surface area contributed by atoms with Crippen molar-refractivity contribution in [2.45, 2.75) is 0 Å². The molecule has 0 unspecified atom stereocenters. The van der Waals surface area contributed by atoms with E-state index < -0.39 is 39.1 Å². The Morgan fingerprint density at radius 2 is 1.71 bits per heavy atom. The molecule has 0 aromatic heterocycles. The number of hydrogen-bond acceptors (Lipinski definition) is 4. The molecule has 1 rings (SSSR count). The Balaban J connectivity index is 3.46. The Kier molecular flexibility index (Phi) is 3.34. The van der Waals surface area contributed by atoms with Gasteiger partial charge in [0, 0.05) is 0 Å². The first kappa shape index (κ1) is 12.9. The molecule has 9 heteroatoms. The first-order chi connectivity index (χ1) is 7.72. The van der Waals surface area contributed by atoms with Crippen molar-refractivity contribution in [1.82, 2.24) is 0 Å². The molecular formula is C8H7NO7S. The van der Waals surface area contributed by atoms with Crippen molar-refractivity contribution < 1.29 is 32.8 Å². The summed E-state index contributed by atoms with van der Waals surface area (Å²) in [4.78, 5) is 21.6. The lowest BCUT2D eigenvalue weighted by Gasteiger charge is -2.08. The number of rotatable bonds is 4. The summed E-state index contributed by atoms with van der Waals surface area (Å²) in [7, 11) is -4.68. The van der Waals surface area contributed by atoms with E-state index in [0.717, 1.165) is 18.2 Å². The second kappa shape index (κ2) is 4.39. The van der Waals surface area contributed by atoms with Crippen molar-refractivity contribution in [1.29, 1.82) is 0 Å².